The number of carbonyl (C=O) groups is 1. The maximum Gasteiger partial charge on any atom is 0.278 e. The van der Waals surface area contributed by atoms with Gasteiger partial charge in [-0.15, -0.1) is 0 Å². The minimum atomic E-state index is -0.271. The predicted octanol–water partition coefficient (Wildman–Crippen LogP) is 5.56. The molecule has 1 aliphatic heterocycles. The summed E-state index contributed by atoms with van der Waals surface area (Å²) in [5.41, 5.74) is 6.18. The molecule has 0 spiro atoms. The van der Waals surface area contributed by atoms with E-state index < -0.39 is 0 Å². The molecule has 0 bridgehead atoms. The molecule has 3 nitrogen and oxygen atoms in total. The summed E-state index contributed by atoms with van der Waals surface area (Å²) in [6.45, 7) is 4.89. The normalized spacial score (nSPS) is 14.5. The van der Waals surface area contributed by atoms with Gasteiger partial charge in [0.2, 0.25) is 0 Å². The molecule has 0 unspecified atom stereocenters. The Morgan fingerprint density at radius 3 is 2.44 bits per heavy atom. The molecule has 0 radical (unpaired) electrons. The Morgan fingerprint density at radius 1 is 0.963 bits per heavy atom. The van der Waals surface area contributed by atoms with Crippen molar-refractivity contribution in [3.8, 4) is 0 Å². The Bertz CT molecular complexity index is 1050. The fourth-order valence-electron chi connectivity index (χ4n) is 3.25. The number of hydrogen-bond acceptors (Lipinski definition) is 1. The topological polar surface area (TPSA) is 32.7 Å². The molecule has 0 aliphatic carbocycles. The van der Waals surface area contributed by atoms with Crippen LogP contribution in [0.3, 0.4) is 0 Å². The lowest BCUT2D eigenvalue weighted by Crippen LogP contribution is -2.25. The molecular formula is C23H19ClN2O. The second kappa shape index (κ2) is 7.01. The van der Waals surface area contributed by atoms with Crippen molar-refractivity contribution in [2.75, 3.05) is 4.90 Å². The number of aliphatic imine (C=N–C) groups is 1. The van der Waals surface area contributed by atoms with Crippen LogP contribution in [-0.2, 0) is 6.54 Å². The number of carbonyl (C=O) groups excluding carboxylic acids is 1. The fourth-order valence-corrected chi connectivity index (χ4v) is 3.37. The van der Waals surface area contributed by atoms with E-state index in [0.29, 0.717) is 23.0 Å². The Kier molecular flexibility index (Phi) is 4.54. The summed E-state index contributed by atoms with van der Waals surface area (Å²) in [5, 5.41) is 0.599. The molecule has 3 aromatic carbocycles. The van der Waals surface area contributed by atoms with Gasteiger partial charge in [0, 0.05) is 21.8 Å². The number of benzene rings is 3. The fraction of sp³-hybridized carbons (Fsp3) is 0.130. The van der Waals surface area contributed by atoms with Gasteiger partial charge in [-0.1, -0.05) is 41.9 Å². The van der Waals surface area contributed by atoms with E-state index in [1.165, 1.54) is 16.7 Å². The van der Waals surface area contributed by atoms with Gasteiger partial charge in [0.1, 0.15) is 5.84 Å². The molecule has 0 saturated heterocycles. The summed E-state index contributed by atoms with van der Waals surface area (Å²) in [6, 6.07) is 21.2. The van der Waals surface area contributed by atoms with E-state index in [1.807, 2.05) is 18.2 Å². The summed E-state index contributed by atoms with van der Waals surface area (Å²) < 4.78 is 0. The first kappa shape index (κ1) is 17.5. The number of fused-ring (bicyclic) bond motifs is 1. The van der Waals surface area contributed by atoms with E-state index in [0.717, 1.165) is 11.3 Å². The lowest BCUT2D eigenvalue weighted by Gasteiger charge is -2.20. The van der Waals surface area contributed by atoms with Crippen molar-refractivity contribution >= 4 is 29.0 Å². The third kappa shape index (κ3) is 3.38. The molecule has 27 heavy (non-hydrogen) atoms. The van der Waals surface area contributed by atoms with Crippen LogP contribution in [0, 0.1) is 13.8 Å². The first-order valence-electron chi connectivity index (χ1n) is 8.84. The van der Waals surface area contributed by atoms with Crippen LogP contribution in [0.25, 0.3) is 0 Å². The highest BCUT2D eigenvalue weighted by molar-refractivity contribution is 6.30. The van der Waals surface area contributed by atoms with Gasteiger partial charge < -0.3 is 4.90 Å². The highest BCUT2D eigenvalue weighted by atomic mass is 35.5. The SMILES string of the molecule is Cc1ccc(N2Cc3ccccc3C2=NC(=O)c2ccc(Cl)cc2)cc1C. The lowest BCUT2D eigenvalue weighted by molar-refractivity contribution is 0.100. The molecule has 0 N–H and O–H groups in total. The number of hydrogen-bond donors (Lipinski definition) is 0. The Hall–Kier alpha value is -2.91. The van der Waals surface area contributed by atoms with Gasteiger partial charge in [-0.3, -0.25) is 4.79 Å². The van der Waals surface area contributed by atoms with Crippen LogP contribution in [0.1, 0.15) is 32.6 Å². The van der Waals surface area contributed by atoms with Gasteiger partial charge in [0.25, 0.3) is 5.91 Å². The van der Waals surface area contributed by atoms with Gasteiger partial charge in [-0.05, 0) is 66.9 Å². The van der Waals surface area contributed by atoms with Crippen molar-refractivity contribution in [3.63, 3.8) is 0 Å². The van der Waals surface area contributed by atoms with E-state index in [-0.39, 0.29) is 5.91 Å². The van der Waals surface area contributed by atoms with Crippen LogP contribution in [-0.4, -0.2) is 11.7 Å². The van der Waals surface area contributed by atoms with Crippen molar-refractivity contribution < 1.29 is 4.79 Å². The zero-order chi connectivity index (χ0) is 19.0. The third-order valence-corrected chi connectivity index (χ3v) is 5.20. The summed E-state index contributed by atoms with van der Waals surface area (Å²) in [7, 11) is 0. The molecule has 3 aromatic rings. The van der Waals surface area contributed by atoms with Gasteiger partial charge in [0.05, 0.1) is 6.54 Å². The molecule has 0 fully saturated rings. The molecule has 1 aliphatic rings. The summed E-state index contributed by atoms with van der Waals surface area (Å²) in [5.74, 6) is 0.418. The molecule has 0 atom stereocenters. The number of aryl methyl sites for hydroxylation is 2. The summed E-state index contributed by atoms with van der Waals surface area (Å²) in [6.07, 6.45) is 0. The Labute approximate surface area is 163 Å². The zero-order valence-electron chi connectivity index (χ0n) is 15.2. The van der Waals surface area contributed by atoms with Crippen molar-refractivity contribution in [1.29, 1.82) is 0 Å². The summed E-state index contributed by atoms with van der Waals surface area (Å²) in [4.78, 5) is 19.4. The Morgan fingerprint density at radius 2 is 1.70 bits per heavy atom. The average Bonchev–Trinajstić information content (AvgIpc) is 3.03. The molecular weight excluding hydrogens is 356 g/mol. The highest BCUT2D eigenvalue weighted by Crippen LogP contribution is 2.30. The summed E-state index contributed by atoms with van der Waals surface area (Å²) >= 11 is 5.93. The molecule has 4 rings (SSSR count). The molecule has 1 amide bonds. The van der Waals surface area contributed by atoms with Gasteiger partial charge in [-0.25, -0.2) is 0 Å². The minimum absolute atomic E-state index is 0.271. The average molecular weight is 375 g/mol. The van der Waals surface area contributed by atoms with Crippen LogP contribution >= 0.6 is 11.6 Å². The van der Waals surface area contributed by atoms with Crippen LogP contribution in [0.5, 0.6) is 0 Å². The maximum absolute atomic E-state index is 12.8. The van der Waals surface area contributed by atoms with Crippen LogP contribution < -0.4 is 4.90 Å². The number of nitrogens with zero attached hydrogens (tertiary/aromatic N) is 2. The predicted molar refractivity (Wildman–Crippen MR) is 111 cm³/mol. The van der Waals surface area contributed by atoms with Crippen molar-refractivity contribution in [2.24, 2.45) is 4.99 Å². The highest BCUT2D eigenvalue weighted by Gasteiger charge is 2.27. The van der Waals surface area contributed by atoms with Gasteiger partial charge >= 0.3 is 0 Å². The van der Waals surface area contributed by atoms with E-state index >= 15 is 0 Å². The van der Waals surface area contributed by atoms with Crippen molar-refractivity contribution in [2.45, 2.75) is 20.4 Å². The van der Waals surface area contributed by atoms with Crippen molar-refractivity contribution in [1.82, 2.24) is 0 Å². The largest absolute Gasteiger partial charge is 0.321 e. The molecule has 0 aromatic heterocycles. The second-order valence-corrected chi connectivity index (χ2v) is 7.20. The molecule has 4 heteroatoms. The number of anilines is 1. The van der Waals surface area contributed by atoms with Crippen LogP contribution in [0.15, 0.2) is 71.7 Å². The number of halogens is 1. The van der Waals surface area contributed by atoms with Crippen LogP contribution in [0.2, 0.25) is 5.02 Å². The Balaban J connectivity index is 1.78. The van der Waals surface area contributed by atoms with E-state index in [1.54, 1.807) is 24.3 Å². The third-order valence-electron chi connectivity index (χ3n) is 4.94. The van der Waals surface area contributed by atoms with E-state index in [9.17, 15) is 4.79 Å². The van der Waals surface area contributed by atoms with Crippen molar-refractivity contribution in [3.05, 3.63) is 99.6 Å². The first-order valence-corrected chi connectivity index (χ1v) is 9.22. The number of amides is 1. The molecule has 1 heterocycles. The second-order valence-electron chi connectivity index (χ2n) is 6.76. The minimum Gasteiger partial charge on any atom is -0.321 e. The van der Waals surface area contributed by atoms with E-state index in [2.05, 4.69) is 48.0 Å². The quantitative estimate of drug-likeness (QED) is 0.587. The lowest BCUT2D eigenvalue weighted by atomic mass is 10.1. The first-order chi connectivity index (χ1) is 13.0. The van der Waals surface area contributed by atoms with E-state index in [4.69, 9.17) is 11.6 Å². The maximum atomic E-state index is 12.8. The standard InChI is InChI=1S/C23H19ClN2O/c1-15-7-12-20(13-16(15)2)26-14-18-5-3-4-6-21(18)22(26)25-23(27)17-8-10-19(24)11-9-17/h3-13H,14H2,1-2H3. The monoisotopic (exact) mass is 374 g/mol. The smallest absolute Gasteiger partial charge is 0.278 e. The number of rotatable bonds is 2. The molecule has 134 valence electrons. The van der Waals surface area contributed by atoms with Gasteiger partial charge in [-0.2, -0.15) is 4.99 Å². The van der Waals surface area contributed by atoms with Crippen LogP contribution in [0.4, 0.5) is 5.69 Å². The number of amidine groups is 1. The van der Waals surface area contributed by atoms with Gasteiger partial charge in [0.15, 0.2) is 0 Å². The molecule has 0 saturated carbocycles. The zero-order valence-corrected chi connectivity index (χ0v) is 16.0.